The molecule has 27 heavy (non-hydrogen) atoms. The van der Waals surface area contributed by atoms with Crippen LogP contribution in [0.2, 0.25) is 0 Å². The van der Waals surface area contributed by atoms with Crippen molar-refractivity contribution in [1.29, 1.82) is 0 Å². The Balaban J connectivity index is 1.65. The van der Waals surface area contributed by atoms with Crippen molar-refractivity contribution >= 4 is 11.7 Å². The van der Waals surface area contributed by atoms with Crippen molar-refractivity contribution in [3.63, 3.8) is 0 Å². The van der Waals surface area contributed by atoms with Gasteiger partial charge in [-0.3, -0.25) is 20.0 Å². The number of carbonyl (C=O) groups is 1. The lowest BCUT2D eigenvalue weighted by molar-refractivity contribution is -0.385. The van der Waals surface area contributed by atoms with Crippen LogP contribution >= 0.6 is 0 Å². The summed E-state index contributed by atoms with van der Waals surface area (Å²) in [7, 11) is 0. The van der Waals surface area contributed by atoms with Crippen LogP contribution in [0.4, 0.5) is 5.69 Å². The first-order chi connectivity index (χ1) is 12.7. The molecular formula is C20H23N3O4. The number of hydrogen-bond acceptors (Lipinski definition) is 6. The van der Waals surface area contributed by atoms with Crippen molar-refractivity contribution in [2.45, 2.75) is 45.9 Å². The summed E-state index contributed by atoms with van der Waals surface area (Å²) in [5.74, 6) is -0.334. The van der Waals surface area contributed by atoms with Crippen LogP contribution in [0.3, 0.4) is 0 Å². The van der Waals surface area contributed by atoms with Gasteiger partial charge in [0, 0.05) is 37.8 Å². The predicted molar refractivity (Wildman–Crippen MR) is 100 cm³/mol. The van der Waals surface area contributed by atoms with E-state index in [1.54, 1.807) is 18.2 Å². The van der Waals surface area contributed by atoms with E-state index < -0.39 is 10.5 Å². The molecule has 1 aromatic carbocycles. The maximum absolute atomic E-state index is 12.1. The Kier molecular flexibility index (Phi) is 5.23. The minimum atomic E-state index is -0.520. The van der Waals surface area contributed by atoms with Crippen LogP contribution in [0.25, 0.3) is 0 Å². The van der Waals surface area contributed by atoms with Gasteiger partial charge in [-0.2, -0.15) is 0 Å². The van der Waals surface area contributed by atoms with E-state index in [1.807, 2.05) is 32.9 Å². The largest absolute Gasteiger partial charge is 0.456 e. The molecule has 0 spiro atoms. The molecule has 0 atom stereocenters. The summed E-state index contributed by atoms with van der Waals surface area (Å²) >= 11 is 0. The first-order valence-electron chi connectivity index (χ1n) is 8.88. The molecule has 1 aliphatic heterocycles. The Bertz CT molecular complexity index is 857. The Labute approximate surface area is 158 Å². The molecule has 2 aromatic rings. The molecule has 0 bridgehead atoms. The van der Waals surface area contributed by atoms with E-state index in [0.717, 1.165) is 29.8 Å². The lowest BCUT2D eigenvalue weighted by Crippen LogP contribution is -2.30. The normalized spacial score (nSPS) is 14.5. The highest BCUT2D eigenvalue weighted by molar-refractivity contribution is 5.89. The molecule has 0 aliphatic carbocycles. The number of carbonyl (C=O) groups excluding carboxylic acids is 1. The Morgan fingerprint density at radius 3 is 2.63 bits per heavy atom. The van der Waals surface area contributed by atoms with Gasteiger partial charge in [-0.1, -0.05) is 12.1 Å². The standard InChI is InChI=1S/C20H23N3O4/c1-20(2,3)27-19(24)15-6-4-14(5-7-15)12-22-9-8-18-16(13-22)10-17(11-21-18)23(25)26/h4-7,10-11H,8-9,12-13H2,1-3H3. The summed E-state index contributed by atoms with van der Waals surface area (Å²) in [6, 6.07) is 8.99. The maximum Gasteiger partial charge on any atom is 0.338 e. The van der Waals surface area contributed by atoms with Crippen molar-refractivity contribution in [1.82, 2.24) is 9.88 Å². The number of rotatable bonds is 4. The van der Waals surface area contributed by atoms with E-state index in [1.165, 1.54) is 6.20 Å². The second-order valence-electron chi connectivity index (χ2n) is 7.72. The monoisotopic (exact) mass is 369 g/mol. The van der Waals surface area contributed by atoms with Crippen molar-refractivity contribution in [2.24, 2.45) is 0 Å². The van der Waals surface area contributed by atoms with Gasteiger partial charge in [0.05, 0.1) is 10.5 Å². The minimum absolute atomic E-state index is 0.0253. The van der Waals surface area contributed by atoms with Crippen molar-refractivity contribution in [2.75, 3.05) is 6.54 Å². The number of nitrogens with zero attached hydrogens (tertiary/aromatic N) is 3. The number of aromatic nitrogens is 1. The highest BCUT2D eigenvalue weighted by Gasteiger charge is 2.21. The summed E-state index contributed by atoms with van der Waals surface area (Å²) in [5.41, 5.74) is 2.94. The number of ether oxygens (including phenoxy) is 1. The van der Waals surface area contributed by atoms with Gasteiger partial charge in [0.2, 0.25) is 0 Å². The van der Waals surface area contributed by atoms with Crippen LogP contribution in [0, 0.1) is 10.1 Å². The van der Waals surface area contributed by atoms with Crippen LogP contribution in [-0.2, 0) is 24.2 Å². The fourth-order valence-corrected chi connectivity index (χ4v) is 3.05. The second-order valence-corrected chi connectivity index (χ2v) is 7.72. The van der Waals surface area contributed by atoms with Crippen molar-refractivity contribution < 1.29 is 14.5 Å². The Morgan fingerprint density at radius 2 is 2.00 bits per heavy atom. The van der Waals surface area contributed by atoms with E-state index in [-0.39, 0.29) is 11.7 Å². The number of pyridine rings is 1. The Morgan fingerprint density at radius 1 is 1.30 bits per heavy atom. The van der Waals surface area contributed by atoms with Crippen LogP contribution < -0.4 is 0 Å². The van der Waals surface area contributed by atoms with E-state index >= 15 is 0 Å². The molecule has 0 amide bonds. The molecule has 0 N–H and O–H groups in total. The number of hydrogen-bond donors (Lipinski definition) is 0. The highest BCUT2D eigenvalue weighted by atomic mass is 16.6. The van der Waals surface area contributed by atoms with Gasteiger partial charge >= 0.3 is 5.97 Å². The molecule has 0 fully saturated rings. The molecule has 1 aromatic heterocycles. The molecular weight excluding hydrogens is 346 g/mol. The Hall–Kier alpha value is -2.80. The lowest BCUT2D eigenvalue weighted by Gasteiger charge is -2.28. The molecule has 7 heteroatoms. The quantitative estimate of drug-likeness (QED) is 0.466. The summed E-state index contributed by atoms with van der Waals surface area (Å²) < 4.78 is 5.37. The fraction of sp³-hybridized carbons (Fsp3) is 0.400. The molecule has 142 valence electrons. The highest BCUT2D eigenvalue weighted by Crippen LogP contribution is 2.23. The molecule has 0 saturated carbocycles. The van der Waals surface area contributed by atoms with Crippen LogP contribution in [0.1, 0.15) is 48.0 Å². The van der Waals surface area contributed by atoms with Crippen molar-refractivity contribution in [3.8, 4) is 0 Å². The molecule has 0 saturated heterocycles. The first-order valence-corrected chi connectivity index (χ1v) is 8.88. The summed E-state index contributed by atoms with van der Waals surface area (Å²) in [4.78, 5) is 29.1. The van der Waals surface area contributed by atoms with Gasteiger partial charge in [-0.05, 0) is 44.0 Å². The summed E-state index contributed by atoms with van der Waals surface area (Å²) in [6.45, 7) is 7.69. The van der Waals surface area contributed by atoms with Gasteiger partial charge in [0.25, 0.3) is 5.69 Å². The number of benzene rings is 1. The van der Waals surface area contributed by atoms with Gasteiger partial charge in [-0.15, -0.1) is 0 Å². The van der Waals surface area contributed by atoms with E-state index in [9.17, 15) is 14.9 Å². The van der Waals surface area contributed by atoms with Gasteiger partial charge < -0.3 is 4.74 Å². The zero-order valence-corrected chi connectivity index (χ0v) is 15.8. The molecule has 0 radical (unpaired) electrons. The van der Waals surface area contributed by atoms with E-state index in [4.69, 9.17) is 4.74 Å². The number of esters is 1. The minimum Gasteiger partial charge on any atom is -0.456 e. The zero-order valence-electron chi connectivity index (χ0n) is 15.8. The number of nitro groups is 1. The topological polar surface area (TPSA) is 85.6 Å². The van der Waals surface area contributed by atoms with Crippen molar-refractivity contribution in [3.05, 3.63) is 69.0 Å². The third kappa shape index (κ3) is 4.89. The summed E-state index contributed by atoms with van der Waals surface area (Å²) in [6.07, 6.45) is 2.09. The van der Waals surface area contributed by atoms with Gasteiger partial charge in [-0.25, -0.2) is 4.79 Å². The first kappa shape index (κ1) is 19.0. The van der Waals surface area contributed by atoms with Crippen LogP contribution in [-0.4, -0.2) is 32.9 Å². The number of fused-ring (bicyclic) bond motifs is 1. The maximum atomic E-state index is 12.1. The second kappa shape index (κ2) is 7.44. The summed E-state index contributed by atoms with van der Waals surface area (Å²) in [5, 5.41) is 10.9. The molecule has 7 nitrogen and oxygen atoms in total. The van der Waals surface area contributed by atoms with Gasteiger partial charge in [0.1, 0.15) is 11.8 Å². The molecule has 0 unspecified atom stereocenters. The van der Waals surface area contributed by atoms with E-state index in [0.29, 0.717) is 18.7 Å². The van der Waals surface area contributed by atoms with Crippen LogP contribution in [0.15, 0.2) is 36.5 Å². The SMILES string of the molecule is CC(C)(C)OC(=O)c1ccc(CN2CCc3ncc([N+](=O)[O-])cc3C2)cc1. The average molecular weight is 369 g/mol. The zero-order chi connectivity index (χ0) is 19.6. The third-order valence-electron chi connectivity index (χ3n) is 4.31. The lowest BCUT2D eigenvalue weighted by atomic mass is 10.0. The fourth-order valence-electron chi connectivity index (χ4n) is 3.05. The molecule has 3 rings (SSSR count). The van der Waals surface area contributed by atoms with Crippen LogP contribution in [0.5, 0.6) is 0 Å². The average Bonchev–Trinajstić information content (AvgIpc) is 2.60. The smallest absolute Gasteiger partial charge is 0.338 e. The molecule has 2 heterocycles. The predicted octanol–water partition coefficient (Wildman–Crippen LogP) is 3.50. The van der Waals surface area contributed by atoms with E-state index in [2.05, 4.69) is 9.88 Å². The molecule has 1 aliphatic rings. The third-order valence-corrected chi connectivity index (χ3v) is 4.31. The van der Waals surface area contributed by atoms with Gasteiger partial charge in [0.15, 0.2) is 0 Å².